The first-order valence-electron chi connectivity index (χ1n) is 7.35. The van der Waals surface area contributed by atoms with Crippen molar-refractivity contribution in [3.63, 3.8) is 0 Å². The summed E-state index contributed by atoms with van der Waals surface area (Å²) >= 11 is 0. The van der Waals surface area contributed by atoms with Crippen LogP contribution in [-0.2, 0) is 19.2 Å². The molecule has 0 aromatic heterocycles. The van der Waals surface area contributed by atoms with Crippen LogP contribution < -0.4 is 0 Å². The van der Waals surface area contributed by atoms with Crippen molar-refractivity contribution in [2.24, 2.45) is 11.8 Å². The van der Waals surface area contributed by atoms with Gasteiger partial charge in [0.05, 0.1) is 18.8 Å². The van der Waals surface area contributed by atoms with Crippen LogP contribution in [0.4, 0.5) is 0 Å². The third-order valence-corrected chi connectivity index (χ3v) is 4.18. The van der Waals surface area contributed by atoms with E-state index >= 15 is 0 Å². The number of carbonyl (C=O) groups is 4. The van der Waals surface area contributed by atoms with Crippen LogP contribution in [0, 0.1) is 11.8 Å². The van der Waals surface area contributed by atoms with E-state index in [-0.39, 0.29) is 12.5 Å². The summed E-state index contributed by atoms with van der Waals surface area (Å²) in [5.74, 6) is -6.19. The monoisotopic (exact) mass is 331 g/mol. The average molecular weight is 331 g/mol. The van der Waals surface area contributed by atoms with E-state index in [1.54, 1.807) is 0 Å². The molecule has 1 aliphatic rings. The molecule has 0 spiro atoms. The zero-order chi connectivity index (χ0) is 17.6. The Morgan fingerprint density at radius 1 is 0.870 bits per heavy atom. The topological polar surface area (TPSA) is 152 Å². The van der Waals surface area contributed by atoms with E-state index in [1.165, 1.54) is 4.90 Å². The van der Waals surface area contributed by atoms with E-state index in [4.69, 9.17) is 10.2 Å². The van der Waals surface area contributed by atoms with Crippen molar-refractivity contribution in [3.05, 3.63) is 0 Å². The summed E-state index contributed by atoms with van der Waals surface area (Å²) in [4.78, 5) is 45.6. The molecule has 0 aromatic carbocycles. The Hall–Kier alpha value is -2.16. The molecule has 0 bridgehead atoms. The Balaban J connectivity index is 2.77. The van der Waals surface area contributed by atoms with Crippen molar-refractivity contribution in [1.82, 2.24) is 4.90 Å². The van der Waals surface area contributed by atoms with Gasteiger partial charge in [0.25, 0.3) is 0 Å². The second-order valence-corrected chi connectivity index (χ2v) is 5.72. The third kappa shape index (κ3) is 5.85. The molecule has 9 nitrogen and oxygen atoms in total. The van der Waals surface area contributed by atoms with Gasteiger partial charge in [-0.25, -0.2) is 0 Å². The Bertz CT molecular complexity index is 435. The quantitative estimate of drug-likeness (QED) is 0.488. The molecule has 9 heteroatoms. The molecule has 0 aliphatic carbocycles. The van der Waals surface area contributed by atoms with Crippen molar-refractivity contribution in [1.29, 1.82) is 0 Å². The number of carboxylic acid groups (broad SMARTS) is 4. The second-order valence-electron chi connectivity index (χ2n) is 5.72. The van der Waals surface area contributed by atoms with Gasteiger partial charge in [-0.05, 0) is 38.3 Å². The molecule has 23 heavy (non-hydrogen) atoms. The normalized spacial score (nSPS) is 21.8. The molecule has 3 unspecified atom stereocenters. The van der Waals surface area contributed by atoms with Gasteiger partial charge in [0.1, 0.15) is 6.04 Å². The molecule has 1 saturated heterocycles. The Morgan fingerprint density at radius 3 is 1.96 bits per heavy atom. The molecule has 1 aliphatic heterocycles. The summed E-state index contributed by atoms with van der Waals surface area (Å²) in [7, 11) is 0. The van der Waals surface area contributed by atoms with Gasteiger partial charge in [0, 0.05) is 0 Å². The van der Waals surface area contributed by atoms with E-state index in [0.29, 0.717) is 25.8 Å². The maximum Gasteiger partial charge on any atom is 0.321 e. The molecule has 0 radical (unpaired) electrons. The lowest BCUT2D eigenvalue weighted by Gasteiger charge is -2.26. The fourth-order valence-corrected chi connectivity index (χ4v) is 3.04. The first-order chi connectivity index (χ1) is 10.7. The minimum absolute atomic E-state index is 0.234. The van der Waals surface area contributed by atoms with Crippen LogP contribution in [0.15, 0.2) is 0 Å². The molecule has 1 heterocycles. The van der Waals surface area contributed by atoms with Crippen LogP contribution in [0.25, 0.3) is 0 Å². The molecule has 0 amide bonds. The highest BCUT2D eigenvalue weighted by atomic mass is 16.4. The maximum atomic E-state index is 11.3. The van der Waals surface area contributed by atoms with Gasteiger partial charge >= 0.3 is 23.9 Å². The largest absolute Gasteiger partial charge is 0.481 e. The van der Waals surface area contributed by atoms with Gasteiger partial charge < -0.3 is 20.4 Å². The van der Waals surface area contributed by atoms with Gasteiger partial charge in [-0.1, -0.05) is 0 Å². The van der Waals surface area contributed by atoms with Gasteiger partial charge in [0.15, 0.2) is 0 Å². The average Bonchev–Trinajstić information content (AvgIpc) is 2.66. The summed E-state index contributed by atoms with van der Waals surface area (Å²) in [5, 5.41) is 36.0. The lowest BCUT2D eigenvalue weighted by molar-refractivity contribution is -0.150. The van der Waals surface area contributed by atoms with Crippen LogP contribution >= 0.6 is 0 Å². The molecule has 3 atom stereocenters. The SMILES string of the molecule is O=C(O)CC(C(=O)O)C1CCCN(C(CC(=O)O)C(=O)O)CC1. The fraction of sp³-hybridized carbons (Fsp3) is 0.714. The first-order valence-corrected chi connectivity index (χ1v) is 7.35. The smallest absolute Gasteiger partial charge is 0.321 e. The zero-order valence-electron chi connectivity index (χ0n) is 12.6. The van der Waals surface area contributed by atoms with Gasteiger partial charge in [0.2, 0.25) is 0 Å². The van der Waals surface area contributed by atoms with Gasteiger partial charge in [-0.15, -0.1) is 0 Å². The Labute approximate surface area is 132 Å². The highest BCUT2D eigenvalue weighted by molar-refractivity contribution is 5.80. The minimum Gasteiger partial charge on any atom is -0.481 e. The van der Waals surface area contributed by atoms with Crippen molar-refractivity contribution in [2.75, 3.05) is 13.1 Å². The van der Waals surface area contributed by atoms with Crippen molar-refractivity contribution in [3.8, 4) is 0 Å². The summed E-state index contributed by atoms with van der Waals surface area (Å²) in [5.41, 5.74) is 0. The fourth-order valence-electron chi connectivity index (χ4n) is 3.04. The van der Waals surface area contributed by atoms with Gasteiger partial charge in [-0.3, -0.25) is 24.1 Å². The summed E-state index contributed by atoms with van der Waals surface area (Å²) in [6.07, 6.45) is 0.292. The molecular weight excluding hydrogens is 310 g/mol. The lowest BCUT2D eigenvalue weighted by atomic mass is 9.84. The third-order valence-electron chi connectivity index (χ3n) is 4.18. The van der Waals surface area contributed by atoms with Crippen LogP contribution in [0.3, 0.4) is 0 Å². The molecular formula is C14H21NO8. The number of rotatable bonds is 8. The number of hydrogen-bond acceptors (Lipinski definition) is 5. The molecule has 0 aromatic rings. The standard InChI is InChI=1S/C14H21NO8/c16-11(17)6-9(13(20)21)8-2-1-4-15(5-3-8)10(14(22)23)7-12(18)19/h8-10H,1-7H2,(H,16,17)(H,18,19)(H,20,21)(H,22,23). The van der Waals surface area contributed by atoms with Crippen molar-refractivity contribution in [2.45, 2.75) is 38.1 Å². The Kier molecular flexibility index (Phi) is 6.95. The lowest BCUT2D eigenvalue weighted by Crippen LogP contribution is -2.43. The molecule has 4 N–H and O–H groups in total. The number of likely N-dealkylation sites (tertiary alicyclic amines) is 1. The van der Waals surface area contributed by atoms with Crippen LogP contribution in [-0.4, -0.2) is 68.3 Å². The molecule has 0 saturated carbocycles. The summed E-state index contributed by atoms with van der Waals surface area (Å²) < 4.78 is 0. The summed E-state index contributed by atoms with van der Waals surface area (Å²) in [6, 6.07) is -1.16. The molecule has 1 fully saturated rings. The number of hydrogen-bond donors (Lipinski definition) is 4. The van der Waals surface area contributed by atoms with Crippen LogP contribution in [0.2, 0.25) is 0 Å². The van der Waals surface area contributed by atoms with Gasteiger partial charge in [-0.2, -0.15) is 0 Å². The van der Waals surface area contributed by atoms with E-state index in [0.717, 1.165) is 0 Å². The minimum atomic E-state index is -1.23. The number of nitrogens with zero attached hydrogens (tertiary/aromatic N) is 1. The zero-order valence-corrected chi connectivity index (χ0v) is 12.6. The predicted molar refractivity (Wildman–Crippen MR) is 76.0 cm³/mol. The van der Waals surface area contributed by atoms with Crippen LogP contribution in [0.5, 0.6) is 0 Å². The number of carboxylic acids is 4. The molecule has 1 rings (SSSR count). The Morgan fingerprint density at radius 2 is 1.48 bits per heavy atom. The maximum absolute atomic E-state index is 11.3. The predicted octanol–water partition coefficient (Wildman–Crippen LogP) is 0.192. The highest BCUT2D eigenvalue weighted by Gasteiger charge is 2.35. The van der Waals surface area contributed by atoms with E-state index in [1.807, 2.05) is 0 Å². The highest BCUT2D eigenvalue weighted by Crippen LogP contribution is 2.29. The molecule has 130 valence electrons. The van der Waals surface area contributed by atoms with E-state index in [2.05, 4.69) is 0 Å². The second kappa shape index (κ2) is 8.47. The first kappa shape index (κ1) is 18.9. The van der Waals surface area contributed by atoms with Crippen molar-refractivity contribution >= 4 is 23.9 Å². The van der Waals surface area contributed by atoms with Crippen LogP contribution in [0.1, 0.15) is 32.1 Å². The van der Waals surface area contributed by atoms with Crippen molar-refractivity contribution < 1.29 is 39.6 Å². The van der Waals surface area contributed by atoms with E-state index < -0.39 is 48.7 Å². The summed E-state index contributed by atoms with van der Waals surface area (Å²) in [6.45, 7) is 0.582. The number of aliphatic carboxylic acids is 4. The van der Waals surface area contributed by atoms with E-state index in [9.17, 15) is 29.4 Å².